The lowest BCUT2D eigenvalue weighted by molar-refractivity contribution is 1.24. The molecule has 112 valence electrons. The van der Waals surface area contributed by atoms with Gasteiger partial charge in [-0.25, -0.2) is 0 Å². The number of hydrogen-bond donors (Lipinski definition) is 3. The molecule has 4 rings (SSSR count). The summed E-state index contributed by atoms with van der Waals surface area (Å²) in [6.07, 6.45) is 3.57. The maximum atomic E-state index is 12.3. The summed E-state index contributed by atoms with van der Waals surface area (Å²) in [6, 6.07) is 19.7. The lowest BCUT2D eigenvalue weighted by Crippen LogP contribution is -2.09. The summed E-state index contributed by atoms with van der Waals surface area (Å²) in [4.78, 5) is 18.3. The number of pyridine rings is 1. The number of benzene rings is 2. The van der Waals surface area contributed by atoms with Crippen LogP contribution >= 0.6 is 0 Å². The van der Waals surface area contributed by atoms with Crippen molar-refractivity contribution < 1.29 is 0 Å². The summed E-state index contributed by atoms with van der Waals surface area (Å²) in [6.45, 7) is 0. The number of fused-ring (bicyclic) bond motifs is 1. The third kappa shape index (κ3) is 2.51. The Morgan fingerprint density at radius 1 is 0.783 bits per heavy atom. The van der Waals surface area contributed by atoms with E-state index in [9.17, 15) is 4.79 Å². The Morgan fingerprint density at radius 3 is 2.52 bits per heavy atom. The molecular weight excluding hydrogens is 286 g/mol. The predicted molar refractivity (Wildman–Crippen MR) is 94.1 cm³/mol. The zero-order chi connectivity index (χ0) is 15.6. The van der Waals surface area contributed by atoms with Gasteiger partial charge >= 0.3 is 0 Å². The van der Waals surface area contributed by atoms with E-state index < -0.39 is 0 Å². The first kappa shape index (κ1) is 13.4. The van der Waals surface area contributed by atoms with Crippen molar-refractivity contribution in [3.8, 4) is 11.1 Å². The van der Waals surface area contributed by atoms with E-state index >= 15 is 0 Å². The summed E-state index contributed by atoms with van der Waals surface area (Å²) in [7, 11) is 0. The van der Waals surface area contributed by atoms with Crippen LogP contribution in [-0.2, 0) is 0 Å². The number of aromatic amines is 2. The largest absolute Gasteiger partial charge is 0.361 e. The summed E-state index contributed by atoms with van der Waals surface area (Å²) < 4.78 is 0. The zero-order valence-electron chi connectivity index (χ0n) is 12.3. The molecule has 4 heteroatoms. The van der Waals surface area contributed by atoms with Gasteiger partial charge in [0, 0.05) is 34.5 Å². The SMILES string of the molecule is O=c1[nH]cc(Nc2ccccc2)cc1-c1cccc2[nH]ccc12. The van der Waals surface area contributed by atoms with Crippen LogP contribution in [0.3, 0.4) is 0 Å². The van der Waals surface area contributed by atoms with Crippen LogP contribution in [0.15, 0.2) is 77.9 Å². The third-order valence-corrected chi connectivity index (χ3v) is 3.85. The molecule has 0 aliphatic carbocycles. The van der Waals surface area contributed by atoms with Gasteiger partial charge in [0.05, 0.1) is 5.69 Å². The average Bonchev–Trinajstić information content (AvgIpc) is 3.06. The number of rotatable bonds is 3. The van der Waals surface area contributed by atoms with Crippen LogP contribution in [-0.4, -0.2) is 9.97 Å². The van der Waals surface area contributed by atoms with E-state index in [1.165, 1.54) is 0 Å². The van der Waals surface area contributed by atoms with Gasteiger partial charge in [0.2, 0.25) is 0 Å². The van der Waals surface area contributed by atoms with Gasteiger partial charge < -0.3 is 15.3 Å². The van der Waals surface area contributed by atoms with E-state index in [2.05, 4.69) is 15.3 Å². The molecule has 0 atom stereocenters. The molecule has 23 heavy (non-hydrogen) atoms. The Hall–Kier alpha value is -3.27. The van der Waals surface area contributed by atoms with Crippen LogP contribution < -0.4 is 10.9 Å². The van der Waals surface area contributed by atoms with Gasteiger partial charge in [0.15, 0.2) is 0 Å². The highest BCUT2D eigenvalue weighted by atomic mass is 16.1. The van der Waals surface area contributed by atoms with Crippen LogP contribution in [0.25, 0.3) is 22.0 Å². The topological polar surface area (TPSA) is 60.7 Å². The lowest BCUT2D eigenvalue weighted by Gasteiger charge is -2.09. The van der Waals surface area contributed by atoms with Gasteiger partial charge in [-0.15, -0.1) is 0 Å². The van der Waals surface area contributed by atoms with Crippen molar-refractivity contribution in [2.75, 3.05) is 5.32 Å². The molecule has 0 fully saturated rings. The minimum Gasteiger partial charge on any atom is -0.361 e. The van der Waals surface area contributed by atoms with E-state index in [1.54, 1.807) is 6.20 Å². The predicted octanol–water partition coefficient (Wildman–Crippen LogP) is 4.27. The highest BCUT2D eigenvalue weighted by Crippen LogP contribution is 2.27. The van der Waals surface area contributed by atoms with Crippen molar-refractivity contribution in [1.29, 1.82) is 0 Å². The molecule has 0 aliphatic heterocycles. The van der Waals surface area contributed by atoms with Crippen molar-refractivity contribution in [2.45, 2.75) is 0 Å². The average molecular weight is 301 g/mol. The highest BCUT2D eigenvalue weighted by molar-refractivity contribution is 5.95. The monoisotopic (exact) mass is 301 g/mol. The fourth-order valence-corrected chi connectivity index (χ4v) is 2.76. The maximum absolute atomic E-state index is 12.3. The van der Waals surface area contributed by atoms with E-state index in [1.807, 2.05) is 66.9 Å². The first-order valence-corrected chi connectivity index (χ1v) is 7.42. The van der Waals surface area contributed by atoms with E-state index in [-0.39, 0.29) is 5.56 Å². The Balaban J connectivity index is 1.81. The summed E-state index contributed by atoms with van der Waals surface area (Å²) in [5, 5.41) is 4.34. The Bertz CT molecular complexity index is 1020. The summed E-state index contributed by atoms with van der Waals surface area (Å²) in [5.74, 6) is 0. The first-order chi connectivity index (χ1) is 11.3. The van der Waals surface area contributed by atoms with Gasteiger partial charge in [-0.2, -0.15) is 0 Å². The number of para-hydroxylation sites is 1. The number of H-pyrrole nitrogens is 2. The van der Waals surface area contributed by atoms with E-state index in [0.717, 1.165) is 27.8 Å². The van der Waals surface area contributed by atoms with Crippen molar-refractivity contribution in [3.63, 3.8) is 0 Å². The molecule has 0 aliphatic rings. The van der Waals surface area contributed by atoms with Gasteiger partial charge in [-0.1, -0.05) is 30.3 Å². The summed E-state index contributed by atoms with van der Waals surface area (Å²) >= 11 is 0. The highest BCUT2D eigenvalue weighted by Gasteiger charge is 2.09. The molecular formula is C19H15N3O. The number of anilines is 2. The van der Waals surface area contributed by atoms with Crippen LogP contribution in [0.2, 0.25) is 0 Å². The summed E-state index contributed by atoms with van der Waals surface area (Å²) in [5.41, 5.74) is 4.31. The zero-order valence-corrected chi connectivity index (χ0v) is 12.3. The molecule has 2 aromatic carbocycles. The molecule has 2 aromatic heterocycles. The van der Waals surface area contributed by atoms with Gasteiger partial charge in [0.25, 0.3) is 5.56 Å². The minimum atomic E-state index is -0.0997. The second kappa shape index (κ2) is 5.50. The van der Waals surface area contributed by atoms with Crippen molar-refractivity contribution >= 4 is 22.3 Å². The molecule has 0 spiro atoms. The molecule has 4 nitrogen and oxygen atoms in total. The Kier molecular flexibility index (Phi) is 3.20. The standard InChI is InChI=1S/C19H15N3O/c23-19-17(15-7-4-8-18-16(15)9-10-20-18)11-14(12-21-19)22-13-5-2-1-3-6-13/h1-12,20,22H,(H,21,23). The minimum absolute atomic E-state index is 0.0997. The molecule has 2 heterocycles. The molecule has 3 N–H and O–H groups in total. The lowest BCUT2D eigenvalue weighted by atomic mass is 10.0. The van der Waals surface area contributed by atoms with Gasteiger partial charge in [-0.05, 0) is 35.9 Å². The smallest absolute Gasteiger partial charge is 0.255 e. The van der Waals surface area contributed by atoms with Crippen molar-refractivity contribution in [1.82, 2.24) is 9.97 Å². The van der Waals surface area contributed by atoms with E-state index in [4.69, 9.17) is 0 Å². The van der Waals surface area contributed by atoms with Crippen LogP contribution in [0.4, 0.5) is 11.4 Å². The quantitative estimate of drug-likeness (QED) is 0.529. The molecule has 4 aromatic rings. The second-order valence-electron chi connectivity index (χ2n) is 5.37. The van der Waals surface area contributed by atoms with Crippen LogP contribution in [0.5, 0.6) is 0 Å². The Labute approximate surface area is 132 Å². The first-order valence-electron chi connectivity index (χ1n) is 7.42. The van der Waals surface area contributed by atoms with Crippen LogP contribution in [0.1, 0.15) is 0 Å². The van der Waals surface area contributed by atoms with Crippen molar-refractivity contribution in [3.05, 3.63) is 83.4 Å². The number of hydrogen-bond acceptors (Lipinski definition) is 2. The van der Waals surface area contributed by atoms with Crippen molar-refractivity contribution in [2.24, 2.45) is 0 Å². The normalized spacial score (nSPS) is 10.8. The molecule has 0 radical (unpaired) electrons. The van der Waals surface area contributed by atoms with Crippen LogP contribution in [0, 0.1) is 0 Å². The van der Waals surface area contributed by atoms with Gasteiger partial charge in [-0.3, -0.25) is 4.79 Å². The molecule has 0 saturated carbocycles. The fourth-order valence-electron chi connectivity index (χ4n) is 2.76. The fraction of sp³-hybridized carbons (Fsp3) is 0. The van der Waals surface area contributed by atoms with E-state index in [0.29, 0.717) is 5.56 Å². The number of aromatic nitrogens is 2. The number of nitrogens with one attached hydrogen (secondary N) is 3. The maximum Gasteiger partial charge on any atom is 0.255 e. The molecule has 0 unspecified atom stereocenters. The molecule has 0 amide bonds. The van der Waals surface area contributed by atoms with Gasteiger partial charge in [0.1, 0.15) is 0 Å². The molecule has 0 saturated heterocycles. The Morgan fingerprint density at radius 2 is 1.65 bits per heavy atom. The third-order valence-electron chi connectivity index (χ3n) is 3.85. The molecule has 0 bridgehead atoms. The second-order valence-corrected chi connectivity index (χ2v) is 5.37.